The first-order valence-corrected chi connectivity index (χ1v) is 9.66. The van der Waals surface area contributed by atoms with E-state index in [4.69, 9.17) is 9.47 Å². The van der Waals surface area contributed by atoms with Gasteiger partial charge in [-0.05, 0) is 61.0 Å². The van der Waals surface area contributed by atoms with Crippen molar-refractivity contribution in [3.63, 3.8) is 0 Å². The number of aromatic nitrogens is 5. The first-order chi connectivity index (χ1) is 13.9. The van der Waals surface area contributed by atoms with Gasteiger partial charge in [0, 0.05) is 5.69 Å². The van der Waals surface area contributed by atoms with Crippen LogP contribution in [0.4, 0.5) is 0 Å². The number of nitrogens with zero attached hydrogens (tertiary/aromatic N) is 4. The summed E-state index contributed by atoms with van der Waals surface area (Å²) in [4.78, 5) is 28.0. The Morgan fingerprint density at radius 1 is 1.17 bits per heavy atom. The molecular weight excluding hydrogens is 394 g/mol. The van der Waals surface area contributed by atoms with Crippen molar-refractivity contribution in [1.82, 2.24) is 25.2 Å². The number of nitrogens with one attached hydrogen (secondary N) is 1. The largest absolute Gasteiger partial charge is 0.497 e. The summed E-state index contributed by atoms with van der Waals surface area (Å²) in [5.74, 6) is 0.0904. The van der Waals surface area contributed by atoms with Crippen molar-refractivity contribution in [1.29, 1.82) is 0 Å². The Balaban J connectivity index is 1.83. The maximum absolute atomic E-state index is 13.0. The van der Waals surface area contributed by atoms with Gasteiger partial charge in [0.05, 0.1) is 36.4 Å². The molecule has 1 N–H and O–H groups in total. The van der Waals surface area contributed by atoms with Crippen LogP contribution in [-0.4, -0.2) is 56.4 Å². The molecule has 0 saturated carbocycles. The minimum Gasteiger partial charge on any atom is -0.497 e. The van der Waals surface area contributed by atoms with E-state index in [9.17, 15) is 9.59 Å². The highest BCUT2D eigenvalue weighted by molar-refractivity contribution is 8.00. The number of carbonyl (C=O) groups is 2. The monoisotopic (exact) mass is 415 g/mol. The summed E-state index contributed by atoms with van der Waals surface area (Å²) in [5, 5.41) is 11.8. The first kappa shape index (κ1) is 20.6. The third kappa shape index (κ3) is 4.02. The van der Waals surface area contributed by atoms with Crippen molar-refractivity contribution < 1.29 is 19.1 Å². The molecule has 2 heterocycles. The second-order valence-corrected chi connectivity index (χ2v) is 7.62. The fourth-order valence-electron chi connectivity index (χ4n) is 2.96. The number of tetrazole rings is 1. The van der Waals surface area contributed by atoms with Crippen LogP contribution >= 0.6 is 11.8 Å². The predicted molar refractivity (Wildman–Crippen MR) is 107 cm³/mol. The summed E-state index contributed by atoms with van der Waals surface area (Å²) in [5.41, 5.74) is 2.68. The number of aryl methyl sites for hydroxylation is 1. The topological polar surface area (TPSA) is 112 Å². The lowest BCUT2D eigenvalue weighted by Gasteiger charge is -2.10. The number of rotatable bonds is 7. The van der Waals surface area contributed by atoms with E-state index < -0.39 is 11.2 Å². The van der Waals surface area contributed by atoms with Gasteiger partial charge in [0.15, 0.2) is 5.78 Å². The van der Waals surface area contributed by atoms with Crippen LogP contribution < -0.4 is 4.74 Å². The van der Waals surface area contributed by atoms with Gasteiger partial charge in [0.1, 0.15) is 5.75 Å². The Hall–Kier alpha value is -3.14. The van der Waals surface area contributed by atoms with Gasteiger partial charge in [-0.15, -0.1) is 5.10 Å². The summed E-state index contributed by atoms with van der Waals surface area (Å²) in [7, 11) is 2.91. The molecule has 10 heteroatoms. The zero-order chi connectivity index (χ0) is 21.1. The number of H-pyrrole nitrogens is 1. The molecule has 0 radical (unpaired) electrons. The molecule has 0 saturated heterocycles. The standard InChI is InChI=1S/C19H21N5O4S/c1-10-15(18(26)28-5)11(2)20-16(10)17(25)12(3)29-19-21-22-23-24(19)13-6-8-14(27-4)9-7-13/h6-9,12,20H,1-5H3. The Morgan fingerprint density at radius 2 is 1.86 bits per heavy atom. The molecule has 9 nitrogen and oxygen atoms in total. The number of ether oxygens (including phenoxy) is 2. The molecule has 152 valence electrons. The number of aromatic amines is 1. The molecule has 1 aromatic carbocycles. The van der Waals surface area contributed by atoms with Crippen LogP contribution in [0.2, 0.25) is 0 Å². The summed E-state index contributed by atoms with van der Waals surface area (Å²) >= 11 is 1.23. The van der Waals surface area contributed by atoms with E-state index in [0.717, 1.165) is 11.4 Å². The van der Waals surface area contributed by atoms with Gasteiger partial charge in [0.2, 0.25) is 5.16 Å². The van der Waals surface area contributed by atoms with Crippen molar-refractivity contribution in [2.45, 2.75) is 31.2 Å². The number of thioether (sulfide) groups is 1. The number of hydrogen-bond donors (Lipinski definition) is 1. The molecule has 2 aromatic heterocycles. The average Bonchev–Trinajstić information content (AvgIpc) is 3.30. The van der Waals surface area contributed by atoms with Crippen LogP contribution in [0.5, 0.6) is 5.75 Å². The Morgan fingerprint density at radius 3 is 2.48 bits per heavy atom. The third-order valence-corrected chi connectivity index (χ3v) is 5.52. The van der Waals surface area contributed by atoms with Crippen molar-refractivity contribution in [2.24, 2.45) is 0 Å². The average molecular weight is 415 g/mol. The Labute approximate surface area is 171 Å². The van der Waals surface area contributed by atoms with Gasteiger partial charge >= 0.3 is 5.97 Å². The number of benzene rings is 1. The van der Waals surface area contributed by atoms with Gasteiger partial charge in [-0.1, -0.05) is 11.8 Å². The number of Topliss-reactive ketones (excluding diaryl/α,β-unsaturated/α-hetero) is 1. The molecule has 0 aliphatic heterocycles. The van der Waals surface area contributed by atoms with E-state index in [2.05, 4.69) is 20.5 Å². The zero-order valence-electron chi connectivity index (χ0n) is 16.7. The van der Waals surface area contributed by atoms with Crippen LogP contribution in [0, 0.1) is 13.8 Å². The lowest BCUT2D eigenvalue weighted by Crippen LogP contribution is -2.16. The van der Waals surface area contributed by atoms with Gasteiger partial charge in [-0.25, -0.2) is 4.79 Å². The molecule has 0 amide bonds. The smallest absolute Gasteiger partial charge is 0.339 e. The number of carbonyl (C=O) groups excluding carboxylic acids is 2. The van der Waals surface area contributed by atoms with Crippen molar-refractivity contribution >= 4 is 23.5 Å². The van der Waals surface area contributed by atoms with Crippen LogP contribution in [0.3, 0.4) is 0 Å². The number of esters is 1. The molecule has 0 fully saturated rings. The minimum atomic E-state index is -0.486. The van der Waals surface area contributed by atoms with Crippen molar-refractivity contribution in [3.05, 3.63) is 46.8 Å². The molecule has 3 aromatic rings. The molecule has 0 bridgehead atoms. The molecule has 0 aliphatic carbocycles. The second-order valence-electron chi connectivity index (χ2n) is 6.31. The number of hydrogen-bond acceptors (Lipinski definition) is 8. The van der Waals surface area contributed by atoms with Gasteiger partial charge in [-0.3, -0.25) is 4.79 Å². The van der Waals surface area contributed by atoms with Gasteiger partial charge in [0.25, 0.3) is 0 Å². The molecule has 3 rings (SSSR count). The maximum atomic E-state index is 13.0. The minimum absolute atomic E-state index is 0.157. The lowest BCUT2D eigenvalue weighted by molar-refractivity contribution is 0.0599. The molecule has 29 heavy (non-hydrogen) atoms. The molecular formula is C19H21N5O4S. The van der Waals surface area contributed by atoms with E-state index >= 15 is 0 Å². The number of ketones is 1. The van der Waals surface area contributed by atoms with Gasteiger partial charge < -0.3 is 14.5 Å². The zero-order valence-corrected chi connectivity index (χ0v) is 17.5. The predicted octanol–water partition coefficient (Wildman–Crippen LogP) is 2.77. The van der Waals surface area contributed by atoms with E-state index in [-0.39, 0.29) is 5.78 Å². The second kappa shape index (κ2) is 8.48. The SMILES string of the molecule is COC(=O)c1c(C)[nH]c(C(=O)C(C)Sc2nnnn2-c2ccc(OC)cc2)c1C. The van der Waals surface area contributed by atoms with Crippen molar-refractivity contribution in [2.75, 3.05) is 14.2 Å². The van der Waals surface area contributed by atoms with Gasteiger partial charge in [-0.2, -0.15) is 4.68 Å². The van der Waals surface area contributed by atoms with E-state index in [1.807, 2.05) is 12.1 Å². The summed E-state index contributed by atoms with van der Waals surface area (Å²) in [6, 6.07) is 7.26. The fraction of sp³-hybridized carbons (Fsp3) is 0.316. The van der Waals surface area contributed by atoms with Crippen LogP contribution in [-0.2, 0) is 4.74 Å². The van der Waals surface area contributed by atoms with Crippen LogP contribution in [0.1, 0.15) is 39.0 Å². The lowest BCUT2D eigenvalue weighted by atomic mass is 10.1. The van der Waals surface area contributed by atoms with E-state index in [1.54, 1.807) is 44.7 Å². The highest BCUT2D eigenvalue weighted by Gasteiger charge is 2.27. The molecule has 0 spiro atoms. The van der Waals surface area contributed by atoms with Crippen LogP contribution in [0.15, 0.2) is 29.4 Å². The molecule has 1 unspecified atom stereocenters. The Bertz CT molecular complexity index is 1040. The summed E-state index contributed by atoms with van der Waals surface area (Å²) in [6.07, 6.45) is 0. The fourth-order valence-corrected chi connectivity index (χ4v) is 3.82. The highest BCUT2D eigenvalue weighted by atomic mass is 32.2. The summed E-state index contributed by atoms with van der Waals surface area (Å²) < 4.78 is 11.5. The van der Waals surface area contributed by atoms with E-state index in [1.165, 1.54) is 18.9 Å². The first-order valence-electron chi connectivity index (χ1n) is 8.78. The number of methoxy groups -OCH3 is 2. The quantitative estimate of drug-likeness (QED) is 0.356. The highest BCUT2D eigenvalue weighted by Crippen LogP contribution is 2.28. The summed E-state index contributed by atoms with van der Waals surface area (Å²) in [6.45, 7) is 5.23. The van der Waals surface area contributed by atoms with E-state index in [0.29, 0.717) is 27.7 Å². The third-order valence-electron chi connectivity index (χ3n) is 4.48. The molecule has 1 atom stereocenters. The van der Waals surface area contributed by atoms with Crippen LogP contribution in [0.25, 0.3) is 5.69 Å². The normalized spacial score (nSPS) is 11.9. The maximum Gasteiger partial charge on any atom is 0.339 e. The molecule has 0 aliphatic rings. The Kier molecular flexibility index (Phi) is 6.02. The van der Waals surface area contributed by atoms with Crippen molar-refractivity contribution in [3.8, 4) is 11.4 Å².